The molecule has 1 aromatic rings. The van der Waals surface area contributed by atoms with E-state index < -0.39 is 10.2 Å². The Balaban J connectivity index is 2.13. The maximum Gasteiger partial charge on any atom is 0.301 e. The highest BCUT2D eigenvalue weighted by Crippen LogP contribution is 2.18. The van der Waals surface area contributed by atoms with Crippen LogP contribution in [0, 0.1) is 6.92 Å². The van der Waals surface area contributed by atoms with Gasteiger partial charge in [-0.1, -0.05) is 11.6 Å². The Labute approximate surface area is 112 Å². The summed E-state index contributed by atoms with van der Waals surface area (Å²) < 4.78 is 28.1. The fourth-order valence-electron chi connectivity index (χ4n) is 1.71. The molecule has 1 aliphatic rings. The third-order valence-electron chi connectivity index (χ3n) is 2.68. The molecular weight excluding hydrogens is 276 g/mol. The molecule has 1 saturated heterocycles. The maximum atomic E-state index is 12.1. The third kappa shape index (κ3) is 3.11. The second kappa shape index (κ2) is 5.40. The van der Waals surface area contributed by atoms with Crippen LogP contribution in [0.4, 0.5) is 5.69 Å². The highest BCUT2D eigenvalue weighted by Gasteiger charge is 2.23. The molecule has 6 nitrogen and oxygen atoms in total. The minimum atomic E-state index is -3.51. The summed E-state index contributed by atoms with van der Waals surface area (Å²) in [5.74, 6) is 0. The highest BCUT2D eigenvalue weighted by molar-refractivity contribution is 7.90. The number of hydrogen-bond acceptors (Lipinski definition) is 4. The van der Waals surface area contributed by atoms with Crippen molar-refractivity contribution in [1.29, 1.82) is 0 Å². The number of anilines is 1. The molecule has 2 N–H and O–H groups in total. The van der Waals surface area contributed by atoms with Gasteiger partial charge in [-0.25, -0.2) is 4.98 Å². The topological polar surface area (TPSA) is 74.3 Å². The second-order valence-corrected chi connectivity index (χ2v) is 6.12. The molecule has 0 radical (unpaired) electrons. The number of rotatable bonds is 3. The monoisotopic (exact) mass is 290 g/mol. The summed E-state index contributed by atoms with van der Waals surface area (Å²) in [6.07, 6.45) is 1.41. The van der Waals surface area contributed by atoms with Crippen LogP contribution in [0.2, 0.25) is 5.15 Å². The average Bonchev–Trinajstić information content (AvgIpc) is 2.35. The molecule has 8 heteroatoms. The molecule has 18 heavy (non-hydrogen) atoms. The van der Waals surface area contributed by atoms with Gasteiger partial charge in [0, 0.05) is 26.2 Å². The van der Waals surface area contributed by atoms with Crippen molar-refractivity contribution in [3.8, 4) is 0 Å². The van der Waals surface area contributed by atoms with Crippen LogP contribution < -0.4 is 10.0 Å². The van der Waals surface area contributed by atoms with Gasteiger partial charge in [-0.3, -0.25) is 4.72 Å². The van der Waals surface area contributed by atoms with Gasteiger partial charge in [0.05, 0.1) is 11.9 Å². The first-order chi connectivity index (χ1) is 8.49. The molecule has 0 aliphatic carbocycles. The van der Waals surface area contributed by atoms with Crippen LogP contribution >= 0.6 is 11.6 Å². The lowest BCUT2D eigenvalue weighted by Crippen LogP contribution is -2.48. The van der Waals surface area contributed by atoms with E-state index in [1.54, 1.807) is 13.0 Å². The Morgan fingerprint density at radius 1 is 1.44 bits per heavy atom. The van der Waals surface area contributed by atoms with Crippen molar-refractivity contribution in [2.75, 3.05) is 30.9 Å². The molecule has 0 amide bonds. The van der Waals surface area contributed by atoms with Crippen molar-refractivity contribution < 1.29 is 8.42 Å². The van der Waals surface area contributed by atoms with Crippen LogP contribution in [-0.2, 0) is 10.2 Å². The number of pyridine rings is 1. The first-order valence-electron chi connectivity index (χ1n) is 5.60. The minimum Gasteiger partial charge on any atom is -0.314 e. The van der Waals surface area contributed by atoms with Gasteiger partial charge >= 0.3 is 10.2 Å². The Kier molecular flexibility index (Phi) is 4.06. The Hall–Kier alpha value is -0.890. The van der Waals surface area contributed by atoms with E-state index >= 15 is 0 Å². The van der Waals surface area contributed by atoms with Crippen molar-refractivity contribution >= 4 is 27.5 Å². The van der Waals surface area contributed by atoms with Gasteiger partial charge in [-0.15, -0.1) is 0 Å². The molecule has 0 spiro atoms. The van der Waals surface area contributed by atoms with Crippen LogP contribution in [0.25, 0.3) is 0 Å². The quantitative estimate of drug-likeness (QED) is 0.800. The third-order valence-corrected chi connectivity index (χ3v) is 4.61. The summed E-state index contributed by atoms with van der Waals surface area (Å²) >= 11 is 5.79. The van der Waals surface area contributed by atoms with Gasteiger partial charge < -0.3 is 5.32 Å². The van der Waals surface area contributed by atoms with E-state index in [9.17, 15) is 8.42 Å². The Bertz CT molecular complexity index is 529. The largest absolute Gasteiger partial charge is 0.314 e. The lowest BCUT2D eigenvalue weighted by Gasteiger charge is -2.26. The Morgan fingerprint density at radius 2 is 2.11 bits per heavy atom. The van der Waals surface area contributed by atoms with E-state index in [1.807, 2.05) is 0 Å². The number of nitrogens with one attached hydrogen (secondary N) is 2. The van der Waals surface area contributed by atoms with Gasteiger partial charge in [0.25, 0.3) is 0 Å². The molecule has 1 aliphatic heterocycles. The summed E-state index contributed by atoms with van der Waals surface area (Å²) in [5.41, 5.74) is 1.16. The SMILES string of the molecule is Cc1cc(NS(=O)(=O)N2CCNCC2)cnc1Cl. The standard InChI is InChI=1S/C10H15ClN4O2S/c1-8-6-9(7-13-10(8)11)14-18(16,17)15-4-2-12-3-5-15/h6-7,12,14H,2-5H2,1H3. The first kappa shape index (κ1) is 13.5. The lowest BCUT2D eigenvalue weighted by molar-refractivity contribution is 0.362. The predicted molar refractivity (Wildman–Crippen MR) is 71.0 cm³/mol. The van der Waals surface area contributed by atoms with Crippen molar-refractivity contribution in [1.82, 2.24) is 14.6 Å². The van der Waals surface area contributed by atoms with Crippen LogP contribution in [0.15, 0.2) is 12.3 Å². The first-order valence-corrected chi connectivity index (χ1v) is 7.41. The van der Waals surface area contributed by atoms with E-state index in [2.05, 4.69) is 15.0 Å². The molecule has 0 saturated carbocycles. The van der Waals surface area contributed by atoms with Gasteiger partial charge in [-0.2, -0.15) is 12.7 Å². The number of piperazine rings is 1. The number of halogens is 1. The molecule has 0 aromatic carbocycles. The van der Waals surface area contributed by atoms with Crippen LogP contribution in [0.3, 0.4) is 0 Å². The molecule has 0 atom stereocenters. The van der Waals surface area contributed by atoms with E-state index in [1.165, 1.54) is 10.5 Å². The normalized spacial score (nSPS) is 17.7. The number of aryl methyl sites for hydroxylation is 1. The summed E-state index contributed by atoms with van der Waals surface area (Å²) in [6.45, 7) is 4.04. The zero-order valence-electron chi connectivity index (χ0n) is 9.98. The second-order valence-electron chi connectivity index (χ2n) is 4.09. The van der Waals surface area contributed by atoms with Gasteiger partial charge in [0.2, 0.25) is 0 Å². The number of aromatic nitrogens is 1. The van der Waals surface area contributed by atoms with Crippen molar-refractivity contribution in [3.05, 3.63) is 23.0 Å². The Morgan fingerprint density at radius 3 is 2.72 bits per heavy atom. The van der Waals surface area contributed by atoms with Crippen LogP contribution in [-0.4, -0.2) is 43.9 Å². The molecule has 0 bridgehead atoms. The van der Waals surface area contributed by atoms with Crippen molar-refractivity contribution in [2.45, 2.75) is 6.92 Å². The molecule has 1 aromatic heterocycles. The summed E-state index contributed by atoms with van der Waals surface area (Å²) in [7, 11) is -3.51. The van der Waals surface area contributed by atoms with Gasteiger partial charge in [-0.05, 0) is 18.6 Å². The summed E-state index contributed by atoms with van der Waals surface area (Å²) in [4.78, 5) is 3.92. The molecule has 100 valence electrons. The molecule has 1 fully saturated rings. The lowest BCUT2D eigenvalue weighted by atomic mass is 10.3. The van der Waals surface area contributed by atoms with E-state index in [0.717, 1.165) is 5.56 Å². The molecule has 2 heterocycles. The number of nitrogens with zero attached hydrogens (tertiary/aromatic N) is 2. The average molecular weight is 291 g/mol. The fourth-order valence-corrected chi connectivity index (χ4v) is 3.02. The number of hydrogen-bond donors (Lipinski definition) is 2. The summed E-state index contributed by atoms with van der Waals surface area (Å²) in [6, 6.07) is 1.66. The molecule has 2 rings (SSSR count). The van der Waals surface area contributed by atoms with Crippen molar-refractivity contribution in [3.63, 3.8) is 0 Å². The van der Waals surface area contributed by atoms with E-state index in [-0.39, 0.29) is 0 Å². The van der Waals surface area contributed by atoms with E-state index in [4.69, 9.17) is 11.6 Å². The highest BCUT2D eigenvalue weighted by atomic mass is 35.5. The van der Waals surface area contributed by atoms with Crippen molar-refractivity contribution in [2.24, 2.45) is 0 Å². The van der Waals surface area contributed by atoms with Crippen LogP contribution in [0.1, 0.15) is 5.56 Å². The smallest absolute Gasteiger partial charge is 0.301 e. The van der Waals surface area contributed by atoms with Crippen LogP contribution in [0.5, 0.6) is 0 Å². The fraction of sp³-hybridized carbons (Fsp3) is 0.500. The zero-order valence-corrected chi connectivity index (χ0v) is 11.6. The summed E-state index contributed by atoms with van der Waals surface area (Å²) in [5, 5.41) is 3.48. The zero-order chi connectivity index (χ0) is 13.2. The maximum absolute atomic E-state index is 12.1. The minimum absolute atomic E-state index is 0.375. The molecular formula is C10H15ClN4O2S. The van der Waals surface area contributed by atoms with Gasteiger partial charge in [0.15, 0.2) is 0 Å². The predicted octanol–water partition coefficient (Wildman–Crippen LogP) is 0.605. The molecule has 0 unspecified atom stereocenters. The van der Waals surface area contributed by atoms with E-state index in [0.29, 0.717) is 37.0 Å². The van der Waals surface area contributed by atoms with Gasteiger partial charge in [0.1, 0.15) is 5.15 Å².